The van der Waals surface area contributed by atoms with Gasteiger partial charge in [-0.2, -0.15) is 4.31 Å². The van der Waals surface area contributed by atoms with Gasteiger partial charge in [0.1, 0.15) is 0 Å². The second kappa shape index (κ2) is 7.24. The Morgan fingerprint density at radius 1 is 1.23 bits per heavy atom. The Balaban J connectivity index is 2.08. The van der Waals surface area contributed by atoms with Gasteiger partial charge in [0.25, 0.3) is 5.91 Å². The minimum absolute atomic E-state index is 0.116. The first-order valence-corrected chi connectivity index (χ1v) is 9.30. The second-order valence-corrected chi connectivity index (χ2v) is 7.74. The maximum atomic E-state index is 12.4. The van der Waals surface area contributed by atoms with Gasteiger partial charge in [-0.3, -0.25) is 4.79 Å². The third-order valence-electron chi connectivity index (χ3n) is 3.92. The fourth-order valence-corrected chi connectivity index (χ4v) is 4.19. The summed E-state index contributed by atoms with van der Waals surface area (Å²) in [5, 5.41) is 2.91. The molecule has 0 spiro atoms. The highest BCUT2D eigenvalue weighted by atomic mass is 32.2. The fraction of sp³-hybridized carbons (Fsp3) is 0.562. The maximum absolute atomic E-state index is 12.4. The van der Waals surface area contributed by atoms with Crippen LogP contribution in [0.2, 0.25) is 0 Å². The average molecular weight is 324 g/mol. The Bertz CT molecular complexity index is 605. The molecular weight excluding hydrogens is 300 g/mol. The molecule has 5 nitrogen and oxygen atoms in total. The molecule has 122 valence electrons. The molecule has 0 saturated carbocycles. The van der Waals surface area contributed by atoms with E-state index in [-0.39, 0.29) is 16.8 Å². The van der Waals surface area contributed by atoms with Crippen LogP contribution in [0.3, 0.4) is 0 Å². The van der Waals surface area contributed by atoms with Crippen LogP contribution in [0.4, 0.5) is 0 Å². The third-order valence-corrected chi connectivity index (χ3v) is 5.83. The average Bonchev–Trinajstić information content (AvgIpc) is 3.02. The van der Waals surface area contributed by atoms with Gasteiger partial charge >= 0.3 is 0 Å². The first-order valence-electron chi connectivity index (χ1n) is 7.86. The summed E-state index contributed by atoms with van der Waals surface area (Å²) in [5.41, 5.74) is 0.489. The zero-order valence-electron chi connectivity index (χ0n) is 13.2. The van der Waals surface area contributed by atoms with Crippen LogP contribution in [-0.4, -0.2) is 37.8 Å². The summed E-state index contributed by atoms with van der Waals surface area (Å²) in [4.78, 5) is 12.3. The molecule has 2 rings (SSSR count). The van der Waals surface area contributed by atoms with Gasteiger partial charge in [0.15, 0.2) is 0 Å². The normalized spacial score (nSPS) is 17.4. The van der Waals surface area contributed by atoms with Crippen LogP contribution >= 0.6 is 0 Å². The van der Waals surface area contributed by atoms with E-state index in [1.807, 2.05) is 6.92 Å². The number of nitrogens with one attached hydrogen (secondary N) is 1. The van der Waals surface area contributed by atoms with Crippen LogP contribution in [0.5, 0.6) is 0 Å². The van der Waals surface area contributed by atoms with Crippen molar-refractivity contribution in [3.05, 3.63) is 29.8 Å². The smallest absolute Gasteiger partial charge is 0.251 e. The number of sulfonamides is 1. The van der Waals surface area contributed by atoms with E-state index >= 15 is 0 Å². The Labute approximate surface area is 132 Å². The van der Waals surface area contributed by atoms with E-state index < -0.39 is 10.0 Å². The first-order chi connectivity index (χ1) is 10.4. The highest BCUT2D eigenvalue weighted by molar-refractivity contribution is 7.89. The van der Waals surface area contributed by atoms with Crippen LogP contribution in [0.1, 0.15) is 49.9 Å². The SMILES string of the molecule is CCC[C@H](C)NC(=O)c1ccc(S(=O)(=O)N2CCCC2)cc1. The van der Waals surface area contributed by atoms with Crippen molar-refractivity contribution in [2.24, 2.45) is 0 Å². The second-order valence-electron chi connectivity index (χ2n) is 5.80. The first kappa shape index (κ1) is 17.0. The standard InChI is InChI=1S/C16H24N2O3S/c1-3-6-13(2)17-16(19)14-7-9-15(10-8-14)22(20,21)18-11-4-5-12-18/h7-10,13H,3-6,11-12H2,1-2H3,(H,17,19)/t13-/m0/s1. The van der Waals surface area contributed by atoms with Crippen molar-refractivity contribution in [3.8, 4) is 0 Å². The molecule has 0 aromatic heterocycles. The van der Waals surface area contributed by atoms with E-state index in [1.54, 1.807) is 12.1 Å². The lowest BCUT2D eigenvalue weighted by molar-refractivity contribution is 0.0938. The van der Waals surface area contributed by atoms with Crippen molar-refractivity contribution in [2.45, 2.75) is 50.5 Å². The summed E-state index contributed by atoms with van der Waals surface area (Å²) in [7, 11) is -3.41. The zero-order valence-corrected chi connectivity index (χ0v) is 14.0. The van der Waals surface area contributed by atoms with Gasteiger partial charge in [-0.25, -0.2) is 8.42 Å². The van der Waals surface area contributed by atoms with Crippen LogP contribution < -0.4 is 5.32 Å². The topological polar surface area (TPSA) is 66.5 Å². The Morgan fingerprint density at radius 2 is 1.82 bits per heavy atom. The number of carbonyl (C=O) groups is 1. The summed E-state index contributed by atoms with van der Waals surface area (Å²) in [6, 6.07) is 6.32. The molecule has 0 unspecified atom stereocenters. The van der Waals surface area contributed by atoms with Gasteiger partial charge in [-0.15, -0.1) is 0 Å². The number of amides is 1. The molecule has 6 heteroatoms. The Kier molecular flexibility index (Phi) is 5.58. The largest absolute Gasteiger partial charge is 0.350 e. The summed E-state index contributed by atoms with van der Waals surface area (Å²) in [5.74, 6) is -0.161. The molecule has 1 aliphatic heterocycles. The predicted molar refractivity (Wildman–Crippen MR) is 86.3 cm³/mol. The minimum atomic E-state index is -3.41. The zero-order chi connectivity index (χ0) is 16.2. The predicted octanol–water partition coefficient (Wildman–Crippen LogP) is 2.39. The number of hydrogen-bond acceptors (Lipinski definition) is 3. The summed E-state index contributed by atoms with van der Waals surface area (Å²) in [6.07, 6.45) is 3.76. The van der Waals surface area contributed by atoms with Crippen molar-refractivity contribution in [1.29, 1.82) is 0 Å². The van der Waals surface area contributed by atoms with E-state index in [1.165, 1.54) is 16.4 Å². The molecule has 22 heavy (non-hydrogen) atoms. The molecule has 1 amide bonds. The highest BCUT2D eigenvalue weighted by Crippen LogP contribution is 2.21. The van der Waals surface area contributed by atoms with Gasteiger partial charge in [-0.05, 0) is 50.5 Å². The lowest BCUT2D eigenvalue weighted by atomic mass is 10.1. The molecule has 1 aromatic rings. The van der Waals surface area contributed by atoms with Crippen LogP contribution in [0.25, 0.3) is 0 Å². The van der Waals surface area contributed by atoms with Crippen LogP contribution in [-0.2, 0) is 10.0 Å². The van der Waals surface area contributed by atoms with Crippen LogP contribution in [0, 0.1) is 0 Å². The molecule has 1 aromatic carbocycles. The van der Waals surface area contributed by atoms with E-state index in [0.717, 1.165) is 25.7 Å². The Morgan fingerprint density at radius 3 is 2.36 bits per heavy atom. The molecule has 1 N–H and O–H groups in total. The summed E-state index contributed by atoms with van der Waals surface area (Å²) < 4.78 is 26.3. The van der Waals surface area contributed by atoms with E-state index in [4.69, 9.17) is 0 Å². The van der Waals surface area contributed by atoms with Gasteiger partial charge in [0.2, 0.25) is 10.0 Å². The Hall–Kier alpha value is -1.40. The van der Waals surface area contributed by atoms with Crippen molar-refractivity contribution in [2.75, 3.05) is 13.1 Å². The summed E-state index contributed by atoms with van der Waals surface area (Å²) in [6.45, 7) is 5.20. The molecule has 1 fully saturated rings. The molecule has 0 radical (unpaired) electrons. The maximum Gasteiger partial charge on any atom is 0.251 e. The summed E-state index contributed by atoms with van der Waals surface area (Å²) >= 11 is 0. The number of nitrogens with zero attached hydrogens (tertiary/aromatic N) is 1. The number of carbonyl (C=O) groups excluding carboxylic acids is 1. The lowest BCUT2D eigenvalue weighted by Gasteiger charge is -2.16. The van der Waals surface area contributed by atoms with Crippen molar-refractivity contribution < 1.29 is 13.2 Å². The number of benzene rings is 1. The molecule has 0 bridgehead atoms. The van der Waals surface area contributed by atoms with Crippen LogP contribution in [0.15, 0.2) is 29.2 Å². The van der Waals surface area contributed by atoms with Gasteiger partial charge in [0, 0.05) is 24.7 Å². The molecule has 1 heterocycles. The highest BCUT2D eigenvalue weighted by Gasteiger charge is 2.27. The fourth-order valence-electron chi connectivity index (χ4n) is 2.67. The van der Waals surface area contributed by atoms with Gasteiger partial charge < -0.3 is 5.32 Å². The van der Waals surface area contributed by atoms with Crippen molar-refractivity contribution in [3.63, 3.8) is 0 Å². The van der Waals surface area contributed by atoms with Gasteiger partial charge in [0.05, 0.1) is 4.90 Å². The number of rotatable bonds is 6. The molecule has 1 atom stereocenters. The molecule has 1 saturated heterocycles. The van der Waals surface area contributed by atoms with Crippen molar-refractivity contribution in [1.82, 2.24) is 9.62 Å². The number of hydrogen-bond donors (Lipinski definition) is 1. The lowest BCUT2D eigenvalue weighted by Crippen LogP contribution is -2.32. The minimum Gasteiger partial charge on any atom is -0.350 e. The monoisotopic (exact) mass is 324 g/mol. The molecule has 0 aliphatic carbocycles. The quantitative estimate of drug-likeness (QED) is 0.874. The van der Waals surface area contributed by atoms with Crippen molar-refractivity contribution >= 4 is 15.9 Å². The van der Waals surface area contributed by atoms with Gasteiger partial charge in [-0.1, -0.05) is 13.3 Å². The van der Waals surface area contributed by atoms with E-state index in [2.05, 4.69) is 12.2 Å². The van der Waals surface area contributed by atoms with E-state index in [0.29, 0.717) is 18.7 Å². The third kappa shape index (κ3) is 3.87. The molecular formula is C16H24N2O3S. The van der Waals surface area contributed by atoms with E-state index in [9.17, 15) is 13.2 Å². The molecule has 1 aliphatic rings.